The number of esters is 2. The fraction of sp³-hybridized carbons (Fsp3) is 0.394. The Morgan fingerprint density at radius 2 is 1.16 bits per heavy atom. The van der Waals surface area contributed by atoms with E-state index in [0.717, 1.165) is 42.4 Å². The predicted octanol–water partition coefficient (Wildman–Crippen LogP) is 7.79. The molecule has 0 bridgehead atoms. The lowest BCUT2D eigenvalue weighted by Gasteiger charge is -2.20. The molecule has 0 fully saturated rings. The SMILES string of the molecule is CC(=O)Oc1cc2c(c3c(C)csc13)[C@@H](CCl)CN2C(=O)CCCC(=O)N1C[C@H](CCl)c2c1cc(OC(C)=O)c1scc(C)c21. The number of aryl methyl sites for hydroxylation is 2. The molecule has 0 radical (unpaired) electrons. The molecule has 2 aromatic heterocycles. The van der Waals surface area contributed by atoms with Crippen molar-refractivity contribution < 1.29 is 28.7 Å². The Morgan fingerprint density at radius 3 is 1.51 bits per heavy atom. The largest absolute Gasteiger partial charge is 0.425 e. The molecule has 4 heterocycles. The summed E-state index contributed by atoms with van der Waals surface area (Å²) in [6.45, 7) is 7.57. The Morgan fingerprint density at radius 1 is 0.756 bits per heavy atom. The zero-order valence-electron chi connectivity index (χ0n) is 25.3. The second-order valence-electron chi connectivity index (χ2n) is 11.6. The summed E-state index contributed by atoms with van der Waals surface area (Å²) in [6, 6.07) is 3.54. The number of ether oxygens (including phenoxy) is 2. The number of amides is 2. The molecule has 236 valence electrons. The van der Waals surface area contributed by atoms with Gasteiger partial charge in [-0.2, -0.15) is 0 Å². The van der Waals surface area contributed by atoms with E-state index in [-0.39, 0.29) is 36.5 Å². The number of carbonyl (C=O) groups excluding carboxylic acids is 4. The van der Waals surface area contributed by atoms with E-state index in [0.29, 0.717) is 54.1 Å². The number of hydrogen-bond acceptors (Lipinski definition) is 8. The summed E-state index contributed by atoms with van der Waals surface area (Å²) < 4.78 is 12.8. The van der Waals surface area contributed by atoms with Crippen LogP contribution in [0.2, 0.25) is 0 Å². The lowest BCUT2D eigenvalue weighted by atomic mass is 9.97. The minimum absolute atomic E-state index is 0.0631. The molecule has 0 saturated carbocycles. The highest BCUT2D eigenvalue weighted by Crippen LogP contribution is 2.50. The maximum absolute atomic E-state index is 13.7. The second-order valence-corrected chi connectivity index (χ2v) is 14.0. The molecule has 0 saturated heterocycles. The normalized spacial score (nSPS) is 17.2. The van der Waals surface area contributed by atoms with Crippen LogP contribution in [-0.4, -0.2) is 48.6 Å². The van der Waals surface area contributed by atoms with Gasteiger partial charge in [0.05, 0.1) is 20.8 Å². The van der Waals surface area contributed by atoms with Gasteiger partial charge in [-0.25, -0.2) is 0 Å². The maximum Gasteiger partial charge on any atom is 0.308 e. The van der Waals surface area contributed by atoms with Gasteiger partial charge in [-0.1, -0.05) is 0 Å². The van der Waals surface area contributed by atoms with Crippen molar-refractivity contribution in [2.75, 3.05) is 34.6 Å². The number of fused-ring (bicyclic) bond motifs is 6. The Labute approximate surface area is 278 Å². The third-order valence-corrected chi connectivity index (χ3v) is 11.5. The lowest BCUT2D eigenvalue weighted by molar-refractivity contribution is -0.132. The van der Waals surface area contributed by atoms with E-state index in [1.165, 1.54) is 36.5 Å². The highest BCUT2D eigenvalue weighted by Gasteiger charge is 2.37. The summed E-state index contributed by atoms with van der Waals surface area (Å²) in [4.78, 5) is 54.5. The van der Waals surface area contributed by atoms with Crippen LogP contribution in [0.1, 0.15) is 67.2 Å². The standard InChI is InChI=1S/C33H32Cl2N2O6S2/c1-16-14-44-32-24(42-18(3)38)8-22-30(28(16)32)20(10-34)12-36(22)26(40)6-5-7-27(41)37-13-21(11-35)31-23(37)9-25(43-19(4)39)33-29(31)17(2)15-45-33/h8-9,14-15,20-21H,5-7,10-13H2,1-4H3/t20-,21-/m0/s1. The van der Waals surface area contributed by atoms with Gasteiger partial charge in [-0.05, 0) is 53.3 Å². The number of thiophene rings is 2. The van der Waals surface area contributed by atoms with E-state index in [1.54, 1.807) is 21.9 Å². The van der Waals surface area contributed by atoms with Crippen molar-refractivity contribution in [3.8, 4) is 11.5 Å². The quantitative estimate of drug-likeness (QED) is 0.107. The Balaban J connectivity index is 1.23. The molecule has 0 spiro atoms. The van der Waals surface area contributed by atoms with Crippen molar-refractivity contribution in [3.63, 3.8) is 0 Å². The van der Waals surface area contributed by atoms with Crippen LogP contribution in [-0.2, 0) is 19.2 Å². The molecule has 8 nitrogen and oxygen atoms in total. The summed E-state index contributed by atoms with van der Waals surface area (Å²) >= 11 is 15.8. The van der Waals surface area contributed by atoms with Gasteiger partial charge in [0.25, 0.3) is 0 Å². The molecule has 4 aromatic rings. The zero-order valence-corrected chi connectivity index (χ0v) is 28.5. The first-order valence-corrected chi connectivity index (χ1v) is 17.6. The van der Waals surface area contributed by atoms with E-state index in [9.17, 15) is 19.2 Å². The molecular weight excluding hydrogens is 655 g/mol. The summed E-state index contributed by atoms with van der Waals surface area (Å²) in [5.74, 6) is 0.324. The molecule has 2 aliphatic rings. The first-order chi connectivity index (χ1) is 21.5. The van der Waals surface area contributed by atoms with Crippen molar-refractivity contribution in [1.29, 1.82) is 0 Å². The number of carbonyl (C=O) groups is 4. The van der Waals surface area contributed by atoms with Crippen LogP contribution in [0.15, 0.2) is 22.9 Å². The molecule has 12 heteroatoms. The summed E-state index contributed by atoms with van der Waals surface area (Å²) in [7, 11) is 0. The monoisotopic (exact) mass is 686 g/mol. The lowest BCUT2D eigenvalue weighted by Crippen LogP contribution is -2.32. The van der Waals surface area contributed by atoms with Crippen LogP contribution in [0.4, 0.5) is 11.4 Å². The number of hydrogen-bond donors (Lipinski definition) is 0. The second kappa shape index (κ2) is 12.5. The Hall–Kier alpha value is -3.18. The minimum Gasteiger partial charge on any atom is -0.425 e. The van der Waals surface area contributed by atoms with Crippen molar-refractivity contribution in [1.82, 2.24) is 0 Å². The fourth-order valence-corrected chi connectivity index (χ4v) is 9.19. The smallest absolute Gasteiger partial charge is 0.308 e. The van der Waals surface area contributed by atoms with Gasteiger partial charge in [0.1, 0.15) is 0 Å². The summed E-state index contributed by atoms with van der Waals surface area (Å²) in [5.41, 5.74) is 5.49. The molecular formula is C33H32Cl2N2O6S2. The van der Waals surface area contributed by atoms with E-state index in [1.807, 2.05) is 24.6 Å². The molecule has 0 unspecified atom stereocenters. The molecule has 2 amide bonds. The van der Waals surface area contributed by atoms with Gasteiger partial charge in [-0.3, -0.25) is 19.2 Å². The van der Waals surface area contributed by atoms with E-state index >= 15 is 0 Å². The maximum atomic E-state index is 13.7. The van der Waals surface area contributed by atoms with Crippen LogP contribution in [0, 0.1) is 13.8 Å². The van der Waals surface area contributed by atoms with Crippen LogP contribution in [0.5, 0.6) is 11.5 Å². The van der Waals surface area contributed by atoms with E-state index in [4.69, 9.17) is 32.7 Å². The molecule has 2 aliphatic heterocycles. The molecule has 2 atom stereocenters. The van der Waals surface area contributed by atoms with E-state index in [2.05, 4.69) is 0 Å². The number of anilines is 2. The predicted molar refractivity (Wildman–Crippen MR) is 181 cm³/mol. The van der Waals surface area contributed by atoms with Crippen molar-refractivity contribution >= 4 is 101 Å². The third-order valence-electron chi connectivity index (χ3n) is 8.49. The molecule has 0 aliphatic carbocycles. The molecule has 0 N–H and O–H groups in total. The van der Waals surface area contributed by atoms with Crippen LogP contribution >= 0.6 is 45.9 Å². The third kappa shape index (κ3) is 5.60. The highest BCUT2D eigenvalue weighted by atomic mass is 35.5. The topological polar surface area (TPSA) is 93.2 Å². The first-order valence-electron chi connectivity index (χ1n) is 14.7. The Bertz CT molecular complexity index is 1750. The average molecular weight is 688 g/mol. The zero-order chi connectivity index (χ0) is 32.2. The van der Waals surface area contributed by atoms with Crippen molar-refractivity contribution in [3.05, 3.63) is 45.1 Å². The van der Waals surface area contributed by atoms with Gasteiger partial charge < -0.3 is 19.3 Å². The summed E-state index contributed by atoms with van der Waals surface area (Å²) in [5, 5.41) is 6.00. The van der Waals surface area contributed by atoms with Crippen LogP contribution < -0.4 is 19.3 Å². The van der Waals surface area contributed by atoms with Gasteiger partial charge in [0.15, 0.2) is 11.5 Å². The van der Waals surface area contributed by atoms with Gasteiger partial charge in [-0.15, -0.1) is 45.9 Å². The molecule has 2 aromatic carbocycles. The number of nitrogens with zero attached hydrogens (tertiary/aromatic N) is 2. The summed E-state index contributed by atoms with van der Waals surface area (Å²) in [6.07, 6.45) is 0.662. The number of benzene rings is 2. The van der Waals surface area contributed by atoms with Gasteiger partial charge in [0.2, 0.25) is 11.8 Å². The fourth-order valence-electron chi connectivity index (χ4n) is 6.65. The van der Waals surface area contributed by atoms with Crippen molar-refractivity contribution in [2.45, 2.75) is 58.8 Å². The van der Waals surface area contributed by atoms with Gasteiger partial charge in [0, 0.05) is 86.3 Å². The highest BCUT2D eigenvalue weighted by molar-refractivity contribution is 7.18. The van der Waals surface area contributed by atoms with Gasteiger partial charge >= 0.3 is 11.9 Å². The van der Waals surface area contributed by atoms with Crippen molar-refractivity contribution in [2.24, 2.45) is 0 Å². The van der Waals surface area contributed by atoms with Crippen LogP contribution in [0.3, 0.4) is 0 Å². The molecule has 6 rings (SSSR count). The number of rotatable bonds is 8. The number of halogens is 2. The number of alkyl halides is 2. The van der Waals surface area contributed by atoms with E-state index < -0.39 is 11.9 Å². The van der Waals surface area contributed by atoms with Crippen LogP contribution in [0.25, 0.3) is 20.2 Å². The Kier molecular flexibility index (Phi) is 8.86. The molecule has 45 heavy (non-hydrogen) atoms. The average Bonchev–Trinajstić information content (AvgIpc) is 3.75. The minimum atomic E-state index is -0.430. The first kappa shape index (κ1) is 31.8.